The zero-order chi connectivity index (χ0) is 18.3. The number of pyridine rings is 1. The highest BCUT2D eigenvalue weighted by molar-refractivity contribution is 7.13. The number of likely N-dealkylation sites (tertiary alicyclic amines) is 1. The molecule has 1 aliphatic heterocycles. The Kier molecular flexibility index (Phi) is 7.45. The van der Waals surface area contributed by atoms with Crippen LogP contribution in [0.3, 0.4) is 0 Å². The summed E-state index contributed by atoms with van der Waals surface area (Å²) in [6, 6.07) is 6.23. The molecule has 152 valence electrons. The van der Waals surface area contributed by atoms with Crippen LogP contribution in [0.4, 0.5) is 0 Å². The summed E-state index contributed by atoms with van der Waals surface area (Å²) in [6.45, 7) is 5.40. The Balaban J connectivity index is 0.00000140. The van der Waals surface area contributed by atoms with Gasteiger partial charge in [-0.15, -0.1) is 36.2 Å². The molecule has 28 heavy (non-hydrogen) atoms. The third kappa shape index (κ3) is 3.89. The van der Waals surface area contributed by atoms with Crippen LogP contribution in [0.25, 0.3) is 21.6 Å². The molecule has 1 unspecified atom stereocenters. The van der Waals surface area contributed by atoms with Crippen LogP contribution in [0.15, 0.2) is 29.8 Å². The average molecular weight is 442 g/mol. The summed E-state index contributed by atoms with van der Waals surface area (Å²) in [7, 11) is 0. The van der Waals surface area contributed by atoms with E-state index in [0.717, 1.165) is 41.0 Å². The van der Waals surface area contributed by atoms with Gasteiger partial charge in [-0.25, -0.2) is 9.67 Å². The van der Waals surface area contributed by atoms with Crippen molar-refractivity contribution in [3.63, 3.8) is 0 Å². The fourth-order valence-corrected chi connectivity index (χ4v) is 4.31. The van der Waals surface area contributed by atoms with E-state index in [9.17, 15) is 4.79 Å². The predicted molar refractivity (Wildman–Crippen MR) is 119 cm³/mol. The van der Waals surface area contributed by atoms with Gasteiger partial charge < -0.3 is 10.6 Å². The fraction of sp³-hybridized carbons (Fsp3) is 0.421. The molecule has 1 saturated heterocycles. The zero-order valence-corrected chi connectivity index (χ0v) is 18.3. The monoisotopic (exact) mass is 441 g/mol. The fourth-order valence-electron chi connectivity index (χ4n) is 3.63. The van der Waals surface area contributed by atoms with Gasteiger partial charge in [0.1, 0.15) is 0 Å². The minimum Gasteiger partial charge on any atom is -0.334 e. The lowest BCUT2D eigenvalue weighted by Crippen LogP contribution is -2.40. The Labute approximate surface area is 180 Å². The van der Waals surface area contributed by atoms with Gasteiger partial charge >= 0.3 is 0 Å². The average Bonchev–Trinajstić information content (AvgIpc) is 3.39. The second-order valence-electron chi connectivity index (χ2n) is 6.98. The van der Waals surface area contributed by atoms with Gasteiger partial charge in [0.25, 0.3) is 5.91 Å². The molecule has 0 aromatic carbocycles. The summed E-state index contributed by atoms with van der Waals surface area (Å²) in [4.78, 5) is 21.1. The molecule has 9 heteroatoms. The van der Waals surface area contributed by atoms with Crippen LogP contribution in [-0.4, -0.2) is 44.7 Å². The van der Waals surface area contributed by atoms with Crippen molar-refractivity contribution in [3.05, 3.63) is 35.3 Å². The first kappa shape index (κ1) is 22.6. The molecule has 6 nitrogen and oxygen atoms in total. The van der Waals surface area contributed by atoms with Gasteiger partial charge in [0.2, 0.25) is 0 Å². The van der Waals surface area contributed by atoms with Crippen molar-refractivity contribution in [2.45, 2.75) is 38.8 Å². The standard InChI is InChI=1S/C19H23N5OS.2ClH/c1-12(2)24-18-15(11-21-24)14(9-16(22-18)17-6-4-8-26-17)19(25)23-7-3-5-13(23)10-20;;/h4,6,8-9,11-13H,3,5,7,10,20H2,1-2H3;2*1H. The summed E-state index contributed by atoms with van der Waals surface area (Å²) in [5.41, 5.74) is 8.14. The topological polar surface area (TPSA) is 77.0 Å². The van der Waals surface area contributed by atoms with Gasteiger partial charge in [0.15, 0.2) is 5.65 Å². The van der Waals surface area contributed by atoms with Gasteiger partial charge in [0, 0.05) is 25.2 Å². The van der Waals surface area contributed by atoms with Gasteiger partial charge in [-0.05, 0) is 44.2 Å². The van der Waals surface area contributed by atoms with Gasteiger partial charge in [-0.3, -0.25) is 4.79 Å². The van der Waals surface area contributed by atoms with Crippen LogP contribution in [0.5, 0.6) is 0 Å². The molecular formula is C19H25Cl2N5OS. The number of carbonyl (C=O) groups excluding carboxylic acids is 1. The minimum atomic E-state index is 0. The van der Waals surface area contributed by atoms with Gasteiger partial charge in [-0.1, -0.05) is 6.07 Å². The van der Waals surface area contributed by atoms with E-state index in [4.69, 9.17) is 10.7 Å². The highest BCUT2D eigenvalue weighted by Crippen LogP contribution is 2.30. The largest absolute Gasteiger partial charge is 0.334 e. The lowest BCUT2D eigenvalue weighted by molar-refractivity contribution is 0.0743. The smallest absolute Gasteiger partial charge is 0.255 e. The minimum absolute atomic E-state index is 0. The number of hydrogen-bond acceptors (Lipinski definition) is 5. The van der Waals surface area contributed by atoms with E-state index in [1.165, 1.54) is 0 Å². The van der Waals surface area contributed by atoms with Crippen LogP contribution >= 0.6 is 36.2 Å². The number of halogens is 2. The molecule has 0 radical (unpaired) electrons. The van der Waals surface area contributed by atoms with Gasteiger partial charge in [-0.2, -0.15) is 5.10 Å². The van der Waals surface area contributed by atoms with E-state index >= 15 is 0 Å². The molecule has 0 bridgehead atoms. The first-order chi connectivity index (χ1) is 12.6. The van der Waals surface area contributed by atoms with Crippen LogP contribution in [0, 0.1) is 0 Å². The lowest BCUT2D eigenvalue weighted by atomic mass is 10.1. The molecule has 0 spiro atoms. The number of nitrogens with two attached hydrogens (primary N) is 1. The summed E-state index contributed by atoms with van der Waals surface area (Å²) in [5, 5.41) is 7.32. The Morgan fingerprint density at radius 3 is 2.82 bits per heavy atom. The Morgan fingerprint density at radius 1 is 1.39 bits per heavy atom. The first-order valence-corrected chi connectivity index (χ1v) is 9.91. The molecule has 1 atom stereocenters. The summed E-state index contributed by atoms with van der Waals surface area (Å²) >= 11 is 1.62. The normalized spacial score (nSPS) is 16.3. The second kappa shape index (κ2) is 9.22. The highest BCUT2D eigenvalue weighted by Gasteiger charge is 2.30. The number of rotatable bonds is 4. The number of carbonyl (C=O) groups is 1. The molecule has 2 N–H and O–H groups in total. The summed E-state index contributed by atoms with van der Waals surface area (Å²) in [5.74, 6) is 0.0338. The number of hydrogen-bond donors (Lipinski definition) is 1. The van der Waals surface area contributed by atoms with Crippen LogP contribution < -0.4 is 5.73 Å². The van der Waals surface area contributed by atoms with E-state index < -0.39 is 0 Å². The van der Waals surface area contributed by atoms with Gasteiger partial charge in [0.05, 0.1) is 27.7 Å². The maximum atomic E-state index is 13.3. The maximum absolute atomic E-state index is 13.3. The molecule has 0 aliphatic carbocycles. The SMILES string of the molecule is CC(C)n1ncc2c(C(=O)N3CCCC3CN)cc(-c3cccs3)nc21.Cl.Cl. The Bertz CT molecular complexity index is 941. The highest BCUT2D eigenvalue weighted by atomic mass is 35.5. The molecule has 1 fully saturated rings. The Morgan fingerprint density at radius 2 is 2.18 bits per heavy atom. The zero-order valence-electron chi connectivity index (χ0n) is 15.9. The second-order valence-corrected chi connectivity index (χ2v) is 7.93. The maximum Gasteiger partial charge on any atom is 0.255 e. The van der Waals surface area contributed by atoms with E-state index in [1.54, 1.807) is 17.5 Å². The summed E-state index contributed by atoms with van der Waals surface area (Å²) < 4.78 is 1.88. The van der Waals surface area contributed by atoms with Crippen molar-refractivity contribution < 1.29 is 4.79 Å². The molecule has 1 aliphatic rings. The van der Waals surface area contributed by atoms with Crippen molar-refractivity contribution in [2.24, 2.45) is 5.73 Å². The molecule has 4 rings (SSSR count). The van der Waals surface area contributed by atoms with Crippen molar-refractivity contribution in [1.82, 2.24) is 19.7 Å². The van der Waals surface area contributed by atoms with E-state index in [2.05, 4.69) is 18.9 Å². The van der Waals surface area contributed by atoms with E-state index in [0.29, 0.717) is 12.1 Å². The predicted octanol–water partition coefficient (Wildman–Crippen LogP) is 4.15. The van der Waals surface area contributed by atoms with Crippen LogP contribution in [-0.2, 0) is 0 Å². The number of fused-ring (bicyclic) bond motifs is 1. The Hall–Kier alpha value is -1.67. The van der Waals surface area contributed by atoms with Crippen molar-refractivity contribution in [3.8, 4) is 10.6 Å². The first-order valence-electron chi connectivity index (χ1n) is 9.03. The van der Waals surface area contributed by atoms with Crippen LogP contribution in [0.1, 0.15) is 43.1 Å². The van der Waals surface area contributed by atoms with E-state index in [1.807, 2.05) is 33.2 Å². The number of nitrogens with zero attached hydrogens (tertiary/aromatic N) is 4. The van der Waals surface area contributed by atoms with Crippen molar-refractivity contribution in [1.29, 1.82) is 0 Å². The molecule has 1 amide bonds. The van der Waals surface area contributed by atoms with Crippen molar-refractivity contribution in [2.75, 3.05) is 13.1 Å². The third-order valence-electron chi connectivity index (χ3n) is 4.97. The summed E-state index contributed by atoms with van der Waals surface area (Å²) in [6.07, 6.45) is 3.74. The van der Waals surface area contributed by atoms with Crippen molar-refractivity contribution >= 4 is 53.1 Å². The quantitative estimate of drug-likeness (QED) is 0.659. The van der Waals surface area contributed by atoms with Crippen LogP contribution in [0.2, 0.25) is 0 Å². The molecule has 0 saturated carbocycles. The molecule has 3 aromatic rings. The number of amides is 1. The van der Waals surface area contributed by atoms with E-state index in [-0.39, 0.29) is 42.8 Å². The molecule has 3 aromatic heterocycles. The number of aromatic nitrogens is 3. The molecular weight excluding hydrogens is 417 g/mol. The number of thiophene rings is 1. The lowest BCUT2D eigenvalue weighted by Gasteiger charge is -2.24. The third-order valence-corrected chi connectivity index (χ3v) is 5.86. The molecule has 4 heterocycles.